The SMILES string of the molecule is COC1[C@@H](O)[C@@H](COP(=O)(O)OP(=O)(O)OP(=O)(O)c2cn(CCNP(=O)(O)OC[C@H]3O[C@@H](n4cnc5c(=O)[nH]c(N)nc54)[C@@H](O)C3O)nn2)O[C@H]1[n+]1cn(C)c2c(=O)[nH]c(N)nc21. The standard InChI is InChI=1S/C26H38N14O20P4/c1-37-9-40(20-14(37)22(45)34-26(28)32-20)24-18(54-2)16(42)11(58-24)7-56-63(50,51)60-64(52,53)59-61(46,47)12-5-38(36-35-12)4-3-30-62(48,49)55-6-10-15(41)17(43)23(57-10)39-8-29-13-19(39)31-25(27)33-21(13)44/h5,8-11,15-18,23-24,41-43H,3-4,6-7H2,1-2H3,(H10-,27,28,30,31,32,33,34,44,45,46,47,48,49,50,51,52,53)/p+1/t10-,11-,15?,16+,17+,18?,23-,24-/m1/s1. The number of aliphatic hydroxyl groups is 3. The highest BCUT2D eigenvalue weighted by molar-refractivity contribution is 7.71. The number of rotatable bonds is 18. The Hall–Kier alpha value is -4.24. The molecule has 2 aliphatic rings. The van der Waals surface area contributed by atoms with Gasteiger partial charge >= 0.3 is 36.6 Å². The normalized spacial score (nSPS) is 27.7. The zero-order valence-electron chi connectivity index (χ0n) is 32.6. The van der Waals surface area contributed by atoms with Crippen molar-refractivity contribution in [1.29, 1.82) is 0 Å². The van der Waals surface area contributed by atoms with E-state index in [0.717, 1.165) is 21.8 Å². The molecule has 38 heteroatoms. The Balaban J connectivity index is 0.889. The second kappa shape index (κ2) is 17.9. The Morgan fingerprint density at radius 2 is 1.58 bits per heavy atom. The van der Waals surface area contributed by atoms with Gasteiger partial charge in [-0.1, -0.05) is 10.2 Å². The van der Waals surface area contributed by atoms with E-state index in [-0.39, 0.29) is 40.8 Å². The molecule has 5 aromatic rings. The Labute approximate surface area is 354 Å². The number of nitrogens with zero attached hydrogens (tertiary/aromatic N) is 9. The highest BCUT2D eigenvalue weighted by atomic mass is 31.3. The molecule has 5 aromatic heterocycles. The molecule has 0 aromatic carbocycles. The first-order chi connectivity index (χ1) is 29.9. The van der Waals surface area contributed by atoms with Gasteiger partial charge in [0, 0.05) is 13.7 Å². The molecule has 7 rings (SSSR count). The summed E-state index contributed by atoms with van der Waals surface area (Å²) in [6.07, 6.45) is -8.34. The van der Waals surface area contributed by atoms with Gasteiger partial charge in [-0.05, 0) is 0 Å². The largest absolute Gasteiger partial charge is 0.488 e. The molecular weight excluding hydrogens is 952 g/mol. The maximum Gasteiger partial charge on any atom is 0.488 e. The minimum atomic E-state index is -5.97. The molecule has 0 radical (unpaired) electrons. The van der Waals surface area contributed by atoms with Crippen molar-refractivity contribution >= 4 is 70.6 Å². The lowest BCUT2D eigenvalue weighted by molar-refractivity contribution is -0.746. The van der Waals surface area contributed by atoms with Crippen molar-refractivity contribution < 1.29 is 89.6 Å². The Morgan fingerprint density at radius 1 is 0.906 bits per heavy atom. The first kappa shape index (κ1) is 47.7. The lowest BCUT2D eigenvalue weighted by atomic mass is 10.1. The Kier molecular flexibility index (Phi) is 13.3. The molecule has 0 bridgehead atoms. The molecule has 7 heterocycles. The molecule has 6 unspecified atom stereocenters. The molecule has 2 aliphatic heterocycles. The smallest absolute Gasteiger partial charge is 0.387 e. The molecule has 64 heavy (non-hydrogen) atoms. The molecule has 0 amide bonds. The van der Waals surface area contributed by atoms with Gasteiger partial charge in [-0.15, -0.1) is 5.10 Å². The summed E-state index contributed by atoms with van der Waals surface area (Å²) in [6.45, 7) is -2.57. The third kappa shape index (κ3) is 9.95. The van der Waals surface area contributed by atoms with Crippen LogP contribution in [-0.4, -0.2) is 147 Å². The molecule has 2 saturated heterocycles. The van der Waals surface area contributed by atoms with Crippen molar-refractivity contribution in [3.05, 3.63) is 39.6 Å². The number of fused-ring (bicyclic) bond motifs is 2. The van der Waals surface area contributed by atoms with E-state index in [1.165, 1.54) is 29.6 Å². The summed E-state index contributed by atoms with van der Waals surface area (Å²) in [7, 11) is -19.1. The van der Waals surface area contributed by atoms with Crippen LogP contribution in [0.2, 0.25) is 0 Å². The lowest BCUT2D eigenvalue weighted by Crippen LogP contribution is -2.47. The second-order valence-electron chi connectivity index (χ2n) is 13.8. The maximum absolute atomic E-state index is 12.9. The van der Waals surface area contributed by atoms with Gasteiger partial charge in [0.05, 0.1) is 39.3 Å². The van der Waals surface area contributed by atoms with E-state index in [4.69, 9.17) is 34.7 Å². The van der Waals surface area contributed by atoms with Gasteiger partial charge < -0.3 is 60.6 Å². The summed E-state index contributed by atoms with van der Waals surface area (Å²) in [5, 5.41) is 41.0. The number of phosphoric ester groups is 1. The summed E-state index contributed by atoms with van der Waals surface area (Å²) >= 11 is 0. The van der Waals surface area contributed by atoms with Crippen molar-refractivity contribution in [3.8, 4) is 0 Å². The number of methoxy groups -OCH3 is 1. The van der Waals surface area contributed by atoms with Gasteiger partial charge in [0.15, 0.2) is 29.2 Å². The number of H-pyrrole nitrogens is 2. The number of hydrogen-bond acceptors (Lipinski definition) is 23. The van der Waals surface area contributed by atoms with Crippen LogP contribution in [0.15, 0.2) is 28.4 Å². The lowest BCUT2D eigenvalue weighted by Gasteiger charge is -2.20. The molecule has 34 nitrogen and oxygen atoms in total. The average molecular weight is 992 g/mol. The van der Waals surface area contributed by atoms with Crippen molar-refractivity contribution in [2.45, 2.75) is 55.6 Å². The number of aliphatic hydroxyl groups excluding tert-OH is 3. The van der Waals surface area contributed by atoms with E-state index >= 15 is 0 Å². The van der Waals surface area contributed by atoms with E-state index in [9.17, 15) is 62.7 Å². The van der Waals surface area contributed by atoms with Gasteiger partial charge in [0.2, 0.25) is 17.7 Å². The van der Waals surface area contributed by atoms with Crippen LogP contribution in [0.5, 0.6) is 0 Å². The van der Waals surface area contributed by atoms with Gasteiger partial charge in [-0.2, -0.15) is 9.29 Å². The molecule has 0 aliphatic carbocycles. The number of hydrogen-bond donors (Lipinski definition) is 12. The quantitative estimate of drug-likeness (QED) is 0.0288. The minimum absolute atomic E-state index is 0.0184. The number of nitrogens with two attached hydrogens (primary N) is 2. The Bertz CT molecular complexity index is 2870. The van der Waals surface area contributed by atoms with E-state index in [1.54, 1.807) is 0 Å². The van der Waals surface area contributed by atoms with E-state index < -0.39 is 116 Å². The van der Waals surface area contributed by atoms with Gasteiger partial charge in [-0.3, -0.25) is 47.0 Å². The summed E-state index contributed by atoms with van der Waals surface area (Å²) in [4.78, 5) is 82.1. The highest BCUT2D eigenvalue weighted by Crippen LogP contribution is 2.67. The van der Waals surface area contributed by atoms with Crippen LogP contribution in [0.25, 0.3) is 22.3 Å². The molecule has 12 atom stereocenters. The fraction of sp³-hybridized carbons (Fsp3) is 0.538. The predicted molar refractivity (Wildman–Crippen MR) is 206 cm³/mol. The number of ether oxygens (including phenoxy) is 3. The summed E-state index contributed by atoms with van der Waals surface area (Å²) < 4.78 is 90.4. The average Bonchev–Trinajstić information content (AvgIpc) is 4.01. The van der Waals surface area contributed by atoms with Crippen LogP contribution < -0.4 is 37.7 Å². The van der Waals surface area contributed by atoms with Crippen molar-refractivity contribution in [2.75, 3.05) is 38.3 Å². The monoisotopic (exact) mass is 991 g/mol. The number of nitrogen functional groups attached to an aromatic ring is 2. The molecule has 0 spiro atoms. The molecular formula is C26H39N14O20P4+. The van der Waals surface area contributed by atoms with Crippen molar-refractivity contribution in [2.24, 2.45) is 7.05 Å². The highest BCUT2D eigenvalue weighted by Gasteiger charge is 2.50. The van der Waals surface area contributed by atoms with Crippen LogP contribution in [0.3, 0.4) is 0 Å². The van der Waals surface area contributed by atoms with Crippen LogP contribution in [-0.2, 0) is 63.7 Å². The zero-order valence-corrected chi connectivity index (χ0v) is 36.2. The number of aromatic amines is 2. The van der Waals surface area contributed by atoms with Crippen molar-refractivity contribution in [3.63, 3.8) is 0 Å². The number of aromatic nitrogens is 11. The number of phosphoric acid groups is 2. The molecule has 14 N–H and O–H groups in total. The van der Waals surface area contributed by atoms with Crippen LogP contribution >= 0.6 is 31.0 Å². The molecule has 2 fully saturated rings. The fourth-order valence-electron chi connectivity index (χ4n) is 6.59. The van der Waals surface area contributed by atoms with E-state index in [1.807, 2.05) is 0 Å². The third-order valence-corrected chi connectivity index (χ3v) is 15.2. The van der Waals surface area contributed by atoms with E-state index in [0.29, 0.717) is 0 Å². The molecule has 0 saturated carbocycles. The maximum atomic E-state index is 12.9. The number of nitrogens with one attached hydrogen (secondary N) is 3. The first-order valence-corrected chi connectivity index (χ1v) is 24.1. The van der Waals surface area contributed by atoms with E-state index in [2.05, 4.69) is 48.9 Å². The number of imidazole rings is 2. The Morgan fingerprint density at radius 3 is 2.30 bits per heavy atom. The second-order valence-corrected chi connectivity index (χ2v) is 20.4. The zero-order chi connectivity index (χ0) is 46.7. The summed E-state index contributed by atoms with van der Waals surface area (Å²) in [5.41, 5.74) is 8.87. The van der Waals surface area contributed by atoms with Crippen LogP contribution in [0.4, 0.5) is 11.9 Å². The predicted octanol–water partition coefficient (Wildman–Crippen LogP) is -5.20. The van der Waals surface area contributed by atoms with Crippen LogP contribution in [0.1, 0.15) is 12.5 Å². The number of anilines is 2. The summed E-state index contributed by atoms with van der Waals surface area (Å²) in [5.74, 6) is -0.505. The van der Waals surface area contributed by atoms with Crippen molar-refractivity contribution in [1.82, 2.24) is 54.1 Å². The first-order valence-electron chi connectivity index (χ1n) is 17.9. The van der Waals surface area contributed by atoms with Crippen LogP contribution in [0, 0.1) is 0 Å². The fourth-order valence-corrected chi connectivity index (χ4v) is 11.3. The van der Waals surface area contributed by atoms with Gasteiger partial charge in [-0.25, -0.2) is 32.6 Å². The topological polar surface area (TPSA) is 487 Å². The summed E-state index contributed by atoms with van der Waals surface area (Å²) in [6, 6.07) is 0. The minimum Gasteiger partial charge on any atom is -0.387 e. The van der Waals surface area contributed by atoms with Gasteiger partial charge in [0.1, 0.15) is 36.6 Å². The molecule has 352 valence electrons. The van der Waals surface area contributed by atoms with Gasteiger partial charge in [0.25, 0.3) is 17.1 Å². The third-order valence-electron chi connectivity index (χ3n) is 9.42. The number of aryl methyl sites for hydroxylation is 1.